The first-order valence-corrected chi connectivity index (χ1v) is 8.28. The number of nitrogens with zero attached hydrogens (tertiary/aromatic N) is 4. The number of rotatable bonds is 3. The molecule has 1 aromatic carbocycles. The summed E-state index contributed by atoms with van der Waals surface area (Å²) in [6, 6.07) is 11.9. The fourth-order valence-corrected chi connectivity index (χ4v) is 3.27. The SMILES string of the molecule is Cc1ccc(-c2nc3c(Cl)cc(Cl)cn3c2Cn2cccn2)cc1. The van der Waals surface area contributed by atoms with Crippen LogP contribution < -0.4 is 0 Å². The summed E-state index contributed by atoms with van der Waals surface area (Å²) in [6.07, 6.45) is 5.52. The van der Waals surface area contributed by atoms with Crippen LogP contribution >= 0.6 is 23.2 Å². The molecule has 6 heteroatoms. The van der Waals surface area contributed by atoms with E-state index < -0.39 is 0 Å². The van der Waals surface area contributed by atoms with Gasteiger partial charge in [0.2, 0.25) is 0 Å². The molecule has 0 N–H and O–H groups in total. The van der Waals surface area contributed by atoms with Gasteiger partial charge >= 0.3 is 0 Å². The molecule has 0 bridgehead atoms. The van der Waals surface area contributed by atoms with Crippen LogP contribution in [0.25, 0.3) is 16.9 Å². The topological polar surface area (TPSA) is 35.1 Å². The lowest BCUT2D eigenvalue weighted by atomic mass is 10.1. The Morgan fingerprint density at radius 3 is 2.62 bits per heavy atom. The summed E-state index contributed by atoms with van der Waals surface area (Å²) >= 11 is 12.6. The second-order valence-corrected chi connectivity index (χ2v) is 6.52. The minimum Gasteiger partial charge on any atom is -0.299 e. The third-order valence-corrected chi connectivity index (χ3v) is 4.42. The smallest absolute Gasteiger partial charge is 0.156 e. The molecule has 3 heterocycles. The first-order valence-electron chi connectivity index (χ1n) is 7.52. The highest BCUT2D eigenvalue weighted by atomic mass is 35.5. The van der Waals surface area contributed by atoms with E-state index in [4.69, 9.17) is 28.2 Å². The van der Waals surface area contributed by atoms with E-state index in [0.717, 1.165) is 17.0 Å². The molecule has 4 rings (SSSR count). The number of hydrogen-bond donors (Lipinski definition) is 0. The van der Waals surface area contributed by atoms with Gasteiger partial charge in [0, 0.05) is 24.2 Å². The van der Waals surface area contributed by atoms with Gasteiger partial charge in [-0.05, 0) is 19.1 Å². The first-order chi connectivity index (χ1) is 11.6. The van der Waals surface area contributed by atoms with E-state index >= 15 is 0 Å². The van der Waals surface area contributed by atoms with Crippen molar-refractivity contribution in [1.82, 2.24) is 19.2 Å². The predicted molar refractivity (Wildman–Crippen MR) is 96.7 cm³/mol. The summed E-state index contributed by atoms with van der Waals surface area (Å²) in [5, 5.41) is 5.40. The van der Waals surface area contributed by atoms with Crippen molar-refractivity contribution in [2.24, 2.45) is 0 Å². The zero-order chi connectivity index (χ0) is 16.7. The minimum atomic E-state index is 0.530. The zero-order valence-electron chi connectivity index (χ0n) is 12.9. The number of hydrogen-bond acceptors (Lipinski definition) is 2. The second-order valence-electron chi connectivity index (χ2n) is 5.68. The van der Waals surface area contributed by atoms with Gasteiger partial charge in [-0.1, -0.05) is 53.0 Å². The Balaban J connectivity index is 1.97. The maximum atomic E-state index is 6.35. The molecule has 0 amide bonds. The molecule has 0 aliphatic carbocycles. The van der Waals surface area contributed by atoms with E-state index in [2.05, 4.69) is 36.3 Å². The lowest BCUT2D eigenvalue weighted by Gasteiger charge is -2.07. The van der Waals surface area contributed by atoms with Crippen molar-refractivity contribution in [2.75, 3.05) is 0 Å². The molecule has 0 unspecified atom stereocenters. The summed E-state index contributed by atoms with van der Waals surface area (Å²) in [4.78, 5) is 4.77. The third-order valence-electron chi connectivity index (χ3n) is 3.94. The Morgan fingerprint density at radius 2 is 1.92 bits per heavy atom. The Bertz CT molecular complexity index is 1000. The van der Waals surface area contributed by atoms with Gasteiger partial charge in [-0.3, -0.25) is 9.08 Å². The average Bonchev–Trinajstić information content (AvgIpc) is 3.18. The van der Waals surface area contributed by atoms with E-state index in [9.17, 15) is 0 Å². The van der Waals surface area contributed by atoms with Crippen molar-refractivity contribution in [1.29, 1.82) is 0 Å². The fourth-order valence-electron chi connectivity index (χ4n) is 2.76. The van der Waals surface area contributed by atoms with Crippen molar-refractivity contribution in [3.63, 3.8) is 0 Å². The zero-order valence-corrected chi connectivity index (χ0v) is 14.5. The standard InChI is InChI=1S/C18H14Cl2N4/c1-12-3-5-13(6-4-12)17-16(11-23-8-2-7-21-23)24-10-14(19)9-15(20)18(24)22-17/h2-10H,11H2,1H3. The third kappa shape index (κ3) is 2.68. The van der Waals surface area contributed by atoms with Crippen LogP contribution in [0.5, 0.6) is 0 Å². The summed E-state index contributed by atoms with van der Waals surface area (Å²) in [7, 11) is 0. The van der Waals surface area contributed by atoms with Gasteiger partial charge in [0.1, 0.15) is 0 Å². The first kappa shape index (κ1) is 15.2. The molecule has 0 aliphatic rings. The maximum Gasteiger partial charge on any atom is 0.156 e. The van der Waals surface area contributed by atoms with Crippen molar-refractivity contribution in [2.45, 2.75) is 13.5 Å². The largest absolute Gasteiger partial charge is 0.299 e. The van der Waals surface area contributed by atoms with Crippen LogP contribution in [0.2, 0.25) is 10.0 Å². The highest BCUT2D eigenvalue weighted by Gasteiger charge is 2.17. The lowest BCUT2D eigenvalue weighted by molar-refractivity contribution is 0.669. The minimum absolute atomic E-state index is 0.530. The summed E-state index contributed by atoms with van der Waals surface area (Å²) in [6.45, 7) is 2.64. The molecule has 0 fully saturated rings. The predicted octanol–water partition coefficient (Wildman–Crippen LogP) is 4.86. The van der Waals surface area contributed by atoms with Gasteiger partial charge in [0.15, 0.2) is 5.65 Å². The molecule has 24 heavy (non-hydrogen) atoms. The molecule has 0 saturated heterocycles. The van der Waals surface area contributed by atoms with Crippen molar-refractivity contribution >= 4 is 28.8 Å². The lowest BCUT2D eigenvalue weighted by Crippen LogP contribution is -2.04. The van der Waals surface area contributed by atoms with Gasteiger partial charge in [0.05, 0.1) is 28.0 Å². The van der Waals surface area contributed by atoms with Gasteiger partial charge in [-0.2, -0.15) is 5.10 Å². The van der Waals surface area contributed by atoms with Crippen molar-refractivity contribution in [3.8, 4) is 11.3 Å². The van der Waals surface area contributed by atoms with Crippen LogP contribution in [0.15, 0.2) is 55.0 Å². The normalized spacial score (nSPS) is 11.3. The highest BCUT2D eigenvalue weighted by molar-refractivity contribution is 6.36. The van der Waals surface area contributed by atoms with Crippen LogP contribution in [0.3, 0.4) is 0 Å². The summed E-state index contributed by atoms with van der Waals surface area (Å²) in [5.41, 5.74) is 4.81. The number of imidazole rings is 1. The van der Waals surface area contributed by atoms with E-state index in [1.165, 1.54) is 5.56 Å². The summed E-state index contributed by atoms with van der Waals surface area (Å²) < 4.78 is 3.80. The average molecular weight is 357 g/mol. The number of aromatic nitrogens is 4. The van der Waals surface area contributed by atoms with Crippen LogP contribution in [0.1, 0.15) is 11.3 Å². The van der Waals surface area contributed by atoms with Crippen LogP contribution in [0, 0.1) is 6.92 Å². The molecule has 0 atom stereocenters. The quantitative estimate of drug-likeness (QED) is 0.525. The van der Waals surface area contributed by atoms with Crippen molar-refractivity contribution < 1.29 is 0 Å². The van der Waals surface area contributed by atoms with E-state index in [1.54, 1.807) is 12.3 Å². The monoisotopic (exact) mass is 356 g/mol. The highest BCUT2D eigenvalue weighted by Crippen LogP contribution is 2.30. The number of fused-ring (bicyclic) bond motifs is 1. The Labute approximate surface area is 149 Å². The molecule has 0 spiro atoms. The number of halogens is 2. The van der Waals surface area contributed by atoms with E-state index in [1.807, 2.05) is 27.5 Å². The van der Waals surface area contributed by atoms with E-state index in [-0.39, 0.29) is 0 Å². The molecular weight excluding hydrogens is 343 g/mol. The molecular formula is C18H14Cl2N4. The van der Waals surface area contributed by atoms with Crippen molar-refractivity contribution in [3.05, 3.63) is 76.3 Å². The number of aryl methyl sites for hydroxylation is 1. The van der Waals surface area contributed by atoms with E-state index in [0.29, 0.717) is 22.2 Å². The van der Waals surface area contributed by atoms with Crippen LogP contribution in [0.4, 0.5) is 0 Å². The van der Waals surface area contributed by atoms with Gasteiger partial charge in [-0.15, -0.1) is 0 Å². The Hall–Kier alpha value is -2.30. The van der Waals surface area contributed by atoms with Gasteiger partial charge < -0.3 is 0 Å². The molecule has 0 saturated carbocycles. The molecule has 0 radical (unpaired) electrons. The molecule has 4 aromatic rings. The molecule has 0 aliphatic heterocycles. The number of pyridine rings is 1. The van der Waals surface area contributed by atoms with Gasteiger partial charge in [0.25, 0.3) is 0 Å². The maximum absolute atomic E-state index is 6.35. The van der Waals surface area contributed by atoms with Crippen LogP contribution in [-0.2, 0) is 6.54 Å². The summed E-state index contributed by atoms with van der Waals surface area (Å²) in [5.74, 6) is 0. The number of benzene rings is 1. The molecule has 3 aromatic heterocycles. The Morgan fingerprint density at radius 1 is 1.12 bits per heavy atom. The van der Waals surface area contributed by atoms with Gasteiger partial charge in [-0.25, -0.2) is 4.98 Å². The Kier molecular flexibility index (Phi) is 3.79. The molecule has 120 valence electrons. The second kappa shape index (κ2) is 5.96. The van der Waals surface area contributed by atoms with Crippen LogP contribution in [-0.4, -0.2) is 19.2 Å². The molecule has 4 nitrogen and oxygen atoms in total. The fraction of sp³-hybridized carbons (Fsp3) is 0.111.